The molecule has 164 valence electrons. The van der Waals surface area contributed by atoms with Gasteiger partial charge in [0.1, 0.15) is 23.0 Å². The summed E-state index contributed by atoms with van der Waals surface area (Å²) in [7, 11) is 0. The highest BCUT2D eigenvalue weighted by atomic mass is 35.5. The molecule has 0 saturated carbocycles. The first-order valence-electron chi connectivity index (χ1n) is 10.2. The van der Waals surface area contributed by atoms with Crippen LogP contribution in [0.2, 0.25) is 10.0 Å². The smallest absolute Gasteiger partial charge is 0.251 e. The van der Waals surface area contributed by atoms with Crippen LogP contribution in [-0.4, -0.2) is 35.9 Å². The number of nitrogens with one attached hydrogen (secondary N) is 2. The quantitative estimate of drug-likeness (QED) is 0.517. The van der Waals surface area contributed by atoms with E-state index in [1.54, 1.807) is 24.4 Å². The van der Waals surface area contributed by atoms with Gasteiger partial charge < -0.3 is 15.4 Å². The Labute approximate surface area is 196 Å². The van der Waals surface area contributed by atoms with Gasteiger partial charge in [-0.3, -0.25) is 14.8 Å². The summed E-state index contributed by atoms with van der Waals surface area (Å²) in [6, 6.07) is 16.5. The van der Waals surface area contributed by atoms with Crippen LogP contribution in [-0.2, 0) is 6.42 Å². The molecule has 8 heteroatoms. The van der Waals surface area contributed by atoms with Gasteiger partial charge in [-0.25, -0.2) is 0 Å². The molecule has 1 amide bonds. The van der Waals surface area contributed by atoms with Crippen molar-refractivity contribution in [3.63, 3.8) is 0 Å². The van der Waals surface area contributed by atoms with Crippen LogP contribution < -0.4 is 15.4 Å². The fourth-order valence-corrected chi connectivity index (χ4v) is 3.85. The summed E-state index contributed by atoms with van der Waals surface area (Å²) >= 11 is 11.9. The Morgan fingerprint density at radius 2 is 1.91 bits per heavy atom. The Balaban J connectivity index is 1.35. The molecule has 0 radical (unpaired) electrons. The first-order chi connectivity index (χ1) is 15.5. The number of ether oxygens (including phenoxy) is 1. The van der Waals surface area contributed by atoms with Crippen LogP contribution in [0.3, 0.4) is 0 Å². The molecule has 1 aromatic heterocycles. The van der Waals surface area contributed by atoms with Crippen LogP contribution in [0.25, 0.3) is 0 Å². The number of amidine groups is 1. The molecule has 32 heavy (non-hydrogen) atoms. The summed E-state index contributed by atoms with van der Waals surface area (Å²) in [5.41, 5.74) is 2.23. The molecule has 2 aromatic carbocycles. The number of hydrogen-bond acceptors (Lipinski definition) is 5. The van der Waals surface area contributed by atoms with E-state index in [2.05, 4.69) is 27.5 Å². The Hall–Kier alpha value is -3.09. The second-order valence-electron chi connectivity index (χ2n) is 7.52. The fraction of sp³-hybridized carbons (Fsp3) is 0.208. The average Bonchev–Trinajstić information content (AvgIpc) is 3.20. The molecule has 6 nitrogen and oxygen atoms in total. The third-order valence-electron chi connectivity index (χ3n) is 4.84. The van der Waals surface area contributed by atoms with E-state index < -0.39 is 0 Å². The number of carbonyl (C=O) groups is 1. The third-order valence-corrected chi connectivity index (χ3v) is 5.27. The predicted molar refractivity (Wildman–Crippen MR) is 127 cm³/mol. The summed E-state index contributed by atoms with van der Waals surface area (Å²) in [4.78, 5) is 21.2. The Morgan fingerprint density at radius 3 is 2.66 bits per heavy atom. The maximum absolute atomic E-state index is 12.3. The highest BCUT2D eigenvalue weighted by molar-refractivity contribution is 6.35. The van der Waals surface area contributed by atoms with Crippen LogP contribution >= 0.6 is 23.2 Å². The van der Waals surface area contributed by atoms with Crippen molar-refractivity contribution in [3.05, 3.63) is 87.7 Å². The number of aliphatic imine (C=N–C) groups is 1. The molecule has 3 aromatic rings. The molecule has 2 N–H and O–H groups in total. The molecule has 4 rings (SSSR count). The number of hydrogen-bond donors (Lipinski definition) is 2. The number of rotatable bonds is 7. The van der Waals surface area contributed by atoms with Gasteiger partial charge in [-0.2, -0.15) is 0 Å². The number of aromatic nitrogens is 1. The summed E-state index contributed by atoms with van der Waals surface area (Å²) < 4.78 is 6.03. The van der Waals surface area contributed by atoms with Gasteiger partial charge in [0, 0.05) is 40.5 Å². The topological polar surface area (TPSA) is 75.6 Å². The Kier molecular flexibility index (Phi) is 6.93. The predicted octanol–water partition coefficient (Wildman–Crippen LogP) is 4.89. The zero-order chi connectivity index (χ0) is 22.5. The van der Waals surface area contributed by atoms with Gasteiger partial charge >= 0.3 is 0 Å². The molecule has 0 aliphatic carbocycles. The molecule has 0 saturated heterocycles. The zero-order valence-electron chi connectivity index (χ0n) is 17.4. The zero-order valence-corrected chi connectivity index (χ0v) is 19.0. The Bertz CT molecular complexity index is 1150. The van der Waals surface area contributed by atoms with Crippen molar-refractivity contribution in [1.29, 1.82) is 0 Å². The monoisotopic (exact) mass is 468 g/mol. The number of benzene rings is 2. The average molecular weight is 469 g/mol. The van der Waals surface area contributed by atoms with Crippen molar-refractivity contribution in [2.75, 3.05) is 13.1 Å². The molecule has 1 unspecified atom stereocenters. The molecule has 0 fully saturated rings. The van der Waals surface area contributed by atoms with Crippen molar-refractivity contribution >= 4 is 34.9 Å². The minimum absolute atomic E-state index is 0.219. The SMILES string of the molecule is CC1CN=C(c2cc(Oc3cccc(CCNC(=O)c4cc(Cl)cc(Cl)c4)c3)ccn2)N1. The summed E-state index contributed by atoms with van der Waals surface area (Å²) in [6.45, 7) is 3.29. The summed E-state index contributed by atoms with van der Waals surface area (Å²) in [6.07, 6.45) is 2.36. The lowest BCUT2D eigenvalue weighted by Crippen LogP contribution is -2.28. The molecule has 1 aliphatic rings. The van der Waals surface area contributed by atoms with E-state index in [4.69, 9.17) is 27.9 Å². The fourth-order valence-electron chi connectivity index (χ4n) is 3.32. The largest absolute Gasteiger partial charge is 0.457 e. The van der Waals surface area contributed by atoms with E-state index in [1.807, 2.05) is 36.4 Å². The lowest BCUT2D eigenvalue weighted by atomic mass is 10.1. The lowest BCUT2D eigenvalue weighted by molar-refractivity contribution is 0.0954. The van der Waals surface area contributed by atoms with Gasteiger partial charge in [-0.15, -0.1) is 0 Å². The van der Waals surface area contributed by atoms with Gasteiger partial charge in [-0.05, 0) is 55.3 Å². The molecular weight excluding hydrogens is 447 g/mol. The van der Waals surface area contributed by atoms with Crippen molar-refractivity contribution < 1.29 is 9.53 Å². The Morgan fingerprint density at radius 1 is 1.12 bits per heavy atom. The summed E-state index contributed by atoms with van der Waals surface area (Å²) in [5.74, 6) is 1.96. The van der Waals surface area contributed by atoms with Gasteiger partial charge in [-0.1, -0.05) is 35.3 Å². The number of nitrogens with zero attached hydrogens (tertiary/aromatic N) is 2. The maximum atomic E-state index is 12.3. The lowest BCUT2D eigenvalue weighted by Gasteiger charge is -2.10. The first kappa shape index (κ1) is 22.1. The van der Waals surface area contributed by atoms with Crippen molar-refractivity contribution in [2.24, 2.45) is 4.99 Å². The van der Waals surface area contributed by atoms with Crippen LogP contribution in [0.5, 0.6) is 11.5 Å². The van der Waals surface area contributed by atoms with Gasteiger partial charge in [0.2, 0.25) is 0 Å². The number of pyridine rings is 1. The van der Waals surface area contributed by atoms with Crippen LogP contribution in [0, 0.1) is 0 Å². The summed E-state index contributed by atoms with van der Waals surface area (Å²) in [5, 5.41) is 7.05. The molecule has 2 heterocycles. The number of carbonyl (C=O) groups excluding carboxylic acids is 1. The van der Waals surface area contributed by atoms with Crippen LogP contribution in [0.15, 0.2) is 65.8 Å². The number of halogens is 2. The first-order valence-corrected chi connectivity index (χ1v) is 11.0. The van der Waals surface area contributed by atoms with Crippen molar-refractivity contribution in [2.45, 2.75) is 19.4 Å². The minimum atomic E-state index is -0.219. The van der Waals surface area contributed by atoms with E-state index in [0.29, 0.717) is 46.1 Å². The highest BCUT2D eigenvalue weighted by Crippen LogP contribution is 2.23. The molecule has 1 aliphatic heterocycles. The van der Waals surface area contributed by atoms with Crippen LogP contribution in [0.4, 0.5) is 0 Å². The molecular formula is C24H22Cl2N4O2. The van der Waals surface area contributed by atoms with E-state index in [1.165, 1.54) is 0 Å². The molecule has 0 bridgehead atoms. The van der Waals surface area contributed by atoms with E-state index in [-0.39, 0.29) is 5.91 Å². The van der Waals surface area contributed by atoms with E-state index in [0.717, 1.165) is 23.6 Å². The standard InChI is InChI=1S/C24H22Cl2N4O2/c1-15-14-29-23(30-15)22-13-21(6-8-27-22)32-20-4-2-3-16(9-20)5-7-28-24(31)17-10-18(25)12-19(26)11-17/h2-4,6,8-13,15H,5,7,14H2,1H3,(H,28,31)(H,29,30). The number of amides is 1. The third kappa shape index (κ3) is 5.78. The van der Waals surface area contributed by atoms with Gasteiger partial charge in [0.05, 0.1) is 6.54 Å². The van der Waals surface area contributed by atoms with Gasteiger partial charge in [0.15, 0.2) is 0 Å². The van der Waals surface area contributed by atoms with Crippen molar-refractivity contribution in [1.82, 2.24) is 15.6 Å². The van der Waals surface area contributed by atoms with E-state index in [9.17, 15) is 4.79 Å². The van der Waals surface area contributed by atoms with Gasteiger partial charge in [0.25, 0.3) is 5.91 Å². The normalized spacial score (nSPS) is 15.1. The second-order valence-corrected chi connectivity index (χ2v) is 8.40. The minimum Gasteiger partial charge on any atom is -0.457 e. The molecule has 1 atom stereocenters. The molecule has 0 spiro atoms. The highest BCUT2D eigenvalue weighted by Gasteiger charge is 2.16. The van der Waals surface area contributed by atoms with Crippen LogP contribution in [0.1, 0.15) is 28.5 Å². The van der Waals surface area contributed by atoms with E-state index >= 15 is 0 Å². The second kappa shape index (κ2) is 10.0. The van der Waals surface area contributed by atoms with Crippen molar-refractivity contribution in [3.8, 4) is 11.5 Å². The maximum Gasteiger partial charge on any atom is 0.251 e.